The molecule has 4 aromatic rings. The average Bonchev–Trinajstić information content (AvgIpc) is 3.30. The Hall–Kier alpha value is -3.85. The number of furan rings is 1. The van der Waals surface area contributed by atoms with E-state index in [9.17, 15) is 14.0 Å². The molecule has 5 rings (SSSR count). The van der Waals surface area contributed by atoms with Crippen LogP contribution in [-0.2, 0) is 10.2 Å². The van der Waals surface area contributed by atoms with E-state index in [-0.39, 0.29) is 35.2 Å². The lowest BCUT2D eigenvalue weighted by Crippen LogP contribution is -2.65. The lowest BCUT2D eigenvalue weighted by Gasteiger charge is -2.45. The van der Waals surface area contributed by atoms with Crippen LogP contribution in [-0.4, -0.2) is 50.3 Å². The third-order valence-electron chi connectivity index (χ3n) is 7.06. The Balaban J connectivity index is 1.53. The minimum Gasteiger partial charge on any atom is -0.449 e. The zero-order chi connectivity index (χ0) is 28.3. The van der Waals surface area contributed by atoms with Crippen LogP contribution in [0.15, 0.2) is 47.1 Å². The van der Waals surface area contributed by atoms with Gasteiger partial charge in [0.1, 0.15) is 16.9 Å². The summed E-state index contributed by atoms with van der Waals surface area (Å²) in [5.41, 5.74) is 1.95. The summed E-state index contributed by atoms with van der Waals surface area (Å²) in [6, 6.07) is 7.95. The molecule has 0 bridgehead atoms. The molecular formula is C29H29ClFN5O3. The first-order valence-corrected chi connectivity index (χ1v) is 13.0. The summed E-state index contributed by atoms with van der Waals surface area (Å²) in [7, 11) is 0. The highest BCUT2D eigenvalue weighted by Crippen LogP contribution is 2.36. The number of carbonyl (C=O) groups is 2. The van der Waals surface area contributed by atoms with Crippen LogP contribution in [0.2, 0.25) is 5.02 Å². The zero-order valence-electron chi connectivity index (χ0n) is 22.7. The molecule has 8 nitrogen and oxygen atoms in total. The lowest BCUT2D eigenvalue weighted by atomic mass is 9.86. The van der Waals surface area contributed by atoms with Crippen molar-refractivity contribution in [2.45, 2.75) is 52.5 Å². The van der Waals surface area contributed by atoms with Gasteiger partial charge in [-0.05, 0) is 44.4 Å². The third kappa shape index (κ3) is 4.65. The Bertz CT molecular complexity index is 1630. The van der Waals surface area contributed by atoms with Gasteiger partial charge < -0.3 is 9.32 Å². The number of aromatic nitrogens is 3. The Morgan fingerprint density at radius 1 is 1.10 bits per heavy atom. The van der Waals surface area contributed by atoms with Crippen LogP contribution in [0.5, 0.6) is 0 Å². The maximum atomic E-state index is 14.2. The topological polar surface area (TPSA) is 92.4 Å². The number of hydrogen-bond acceptors (Lipinski definition) is 6. The van der Waals surface area contributed by atoms with Gasteiger partial charge in [0.25, 0.3) is 11.8 Å². The fourth-order valence-corrected chi connectivity index (χ4v) is 4.99. The number of rotatable bonds is 3. The summed E-state index contributed by atoms with van der Waals surface area (Å²) in [5.74, 6) is -0.661. The number of amides is 2. The van der Waals surface area contributed by atoms with Gasteiger partial charge in [-0.1, -0.05) is 38.4 Å². The van der Waals surface area contributed by atoms with E-state index in [4.69, 9.17) is 16.0 Å². The van der Waals surface area contributed by atoms with Crippen LogP contribution in [0.25, 0.3) is 22.4 Å². The molecule has 1 saturated heterocycles. The second-order valence-electron chi connectivity index (χ2n) is 11.2. The number of anilines is 1. The van der Waals surface area contributed by atoms with Gasteiger partial charge in [-0.3, -0.25) is 19.5 Å². The van der Waals surface area contributed by atoms with E-state index in [0.29, 0.717) is 33.9 Å². The van der Waals surface area contributed by atoms with E-state index in [2.05, 4.69) is 15.0 Å². The van der Waals surface area contributed by atoms with Gasteiger partial charge in [0.2, 0.25) is 0 Å². The molecule has 0 N–H and O–H groups in total. The van der Waals surface area contributed by atoms with Crippen molar-refractivity contribution in [1.29, 1.82) is 0 Å². The van der Waals surface area contributed by atoms with Crippen LogP contribution in [0.4, 0.5) is 10.2 Å². The quantitative estimate of drug-likeness (QED) is 0.313. The maximum absolute atomic E-state index is 14.2. The first kappa shape index (κ1) is 26.7. The van der Waals surface area contributed by atoms with Crippen molar-refractivity contribution < 1.29 is 18.4 Å². The van der Waals surface area contributed by atoms with Crippen molar-refractivity contribution in [3.8, 4) is 11.3 Å². The molecule has 3 aromatic heterocycles. The number of carbonyl (C=O) groups excluding carboxylic acids is 2. The predicted octanol–water partition coefficient (Wildman–Crippen LogP) is 5.95. The molecule has 1 aromatic carbocycles. The zero-order valence-corrected chi connectivity index (χ0v) is 23.4. The van der Waals surface area contributed by atoms with Gasteiger partial charge in [-0.25, -0.2) is 14.4 Å². The van der Waals surface area contributed by atoms with Crippen LogP contribution in [0.1, 0.15) is 56.4 Å². The second kappa shape index (κ2) is 9.41. The van der Waals surface area contributed by atoms with E-state index in [1.165, 1.54) is 17.0 Å². The predicted molar refractivity (Wildman–Crippen MR) is 147 cm³/mol. The molecule has 0 aliphatic carbocycles. The Labute approximate surface area is 230 Å². The highest BCUT2D eigenvalue weighted by atomic mass is 35.5. The fourth-order valence-electron chi connectivity index (χ4n) is 4.87. The summed E-state index contributed by atoms with van der Waals surface area (Å²) in [6.07, 6.45) is 3.12. The van der Waals surface area contributed by atoms with Gasteiger partial charge in [-0.2, -0.15) is 0 Å². The molecular weight excluding hydrogens is 521 g/mol. The van der Waals surface area contributed by atoms with Crippen molar-refractivity contribution in [3.05, 3.63) is 70.6 Å². The highest BCUT2D eigenvalue weighted by Gasteiger charge is 2.46. The van der Waals surface area contributed by atoms with Crippen molar-refractivity contribution in [2.24, 2.45) is 0 Å². The highest BCUT2D eigenvalue weighted by molar-refractivity contribution is 6.30. The number of piperazine rings is 1. The average molecular weight is 550 g/mol. The molecule has 1 aliphatic heterocycles. The molecule has 2 amide bonds. The van der Waals surface area contributed by atoms with Crippen LogP contribution in [0.3, 0.4) is 0 Å². The van der Waals surface area contributed by atoms with Gasteiger partial charge in [0, 0.05) is 42.7 Å². The molecule has 0 radical (unpaired) electrons. The first-order chi connectivity index (χ1) is 18.3. The van der Waals surface area contributed by atoms with Gasteiger partial charge >= 0.3 is 0 Å². The number of hydrogen-bond donors (Lipinski definition) is 0. The largest absolute Gasteiger partial charge is 0.449 e. The van der Waals surface area contributed by atoms with Crippen LogP contribution >= 0.6 is 11.6 Å². The second-order valence-corrected chi connectivity index (χ2v) is 11.6. The summed E-state index contributed by atoms with van der Waals surface area (Å²) in [6.45, 7) is 11.8. The van der Waals surface area contributed by atoms with Gasteiger partial charge in [0.05, 0.1) is 16.4 Å². The monoisotopic (exact) mass is 549 g/mol. The lowest BCUT2D eigenvalue weighted by molar-refractivity contribution is -0.130. The first-order valence-electron chi connectivity index (χ1n) is 12.6. The standard InChI is InChI=1S/C29H29ClFN5O3/c1-16-25(33-10-9-32-16)35-11-12-36(29(5,6)27(35)38)26(37)23-15-22-24(39-23)18(28(2,3)4)14-21(34-22)17-7-8-19(30)20(31)13-17/h7-10,13-15H,11-12H2,1-6H3. The smallest absolute Gasteiger partial charge is 0.290 e. The molecule has 1 aliphatic rings. The molecule has 10 heteroatoms. The van der Waals surface area contributed by atoms with E-state index < -0.39 is 17.3 Å². The maximum Gasteiger partial charge on any atom is 0.290 e. The number of fused-ring (bicyclic) bond motifs is 1. The Morgan fingerprint density at radius 3 is 2.49 bits per heavy atom. The molecule has 0 atom stereocenters. The van der Waals surface area contributed by atoms with Gasteiger partial charge in [0.15, 0.2) is 17.2 Å². The van der Waals surface area contributed by atoms with Crippen molar-refractivity contribution in [3.63, 3.8) is 0 Å². The van der Waals surface area contributed by atoms with E-state index >= 15 is 0 Å². The van der Waals surface area contributed by atoms with Crippen LogP contribution < -0.4 is 4.90 Å². The van der Waals surface area contributed by atoms with E-state index in [1.54, 1.807) is 50.2 Å². The minimum absolute atomic E-state index is 0.0267. The molecule has 0 unspecified atom stereocenters. The molecule has 4 heterocycles. The number of pyridine rings is 1. The van der Waals surface area contributed by atoms with Crippen molar-refractivity contribution in [2.75, 3.05) is 18.0 Å². The molecule has 0 spiro atoms. The molecule has 0 saturated carbocycles. The third-order valence-corrected chi connectivity index (χ3v) is 7.37. The Morgan fingerprint density at radius 2 is 1.82 bits per heavy atom. The summed E-state index contributed by atoms with van der Waals surface area (Å²) in [5, 5.41) is 0.0267. The molecule has 202 valence electrons. The van der Waals surface area contributed by atoms with E-state index in [0.717, 1.165) is 5.56 Å². The number of halogens is 2. The normalized spacial score (nSPS) is 15.7. The SMILES string of the molecule is Cc1nccnc1N1CCN(C(=O)c2cc3nc(-c4ccc(Cl)c(F)c4)cc(C(C)(C)C)c3o2)C(C)(C)C1=O. The van der Waals surface area contributed by atoms with E-state index in [1.807, 2.05) is 26.8 Å². The number of aryl methyl sites for hydroxylation is 1. The molecule has 1 fully saturated rings. The molecule has 39 heavy (non-hydrogen) atoms. The Kier molecular flexibility index (Phi) is 6.45. The summed E-state index contributed by atoms with van der Waals surface area (Å²) >= 11 is 5.88. The summed E-state index contributed by atoms with van der Waals surface area (Å²) in [4.78, 5) is 43.7. The van der Waals surface area contributed by atoms with Crippen LogP contribution in [0, 0.1) is 12.7 Å². The summed E-state index contributed by atoms with van der Waals surface area (Å²) < 4.78 is 20.4. The van der Waals surface area contributed by atoms with Crippen molar-refractivity contribution >= 4 is 40.3 Å². The fraction of sp³-hybridized carbons (Fsp3) is 0.345. The number of benzene rings is 1. The number of nitrogens with zero attached hydrogens (tertiary/aromatic N) is 5. The van der Waals surface area contributed by atoms with Crippen molar-refractivity contribution in [1.82, 2.24) is 19.9 Å². The minimum atomic E-state index is -1.16. The van der Waals surface area contributed by atoms with Gasteiger partial charge in [-0.15, -0.1) is 0 Å².